The molecule has 3 aromatic heterocycles. The largest absolute Gasteiger partial charge is 0.416 e. The van der Waals surface area contributed by atoms with E-state index in [1.807, 2.05) is 6.07 Å². The van der Waals surface area contributed by atoms with Gasteiger partial charge in [-0.2, -0.15) is 57.9 Å². The summed E-state index contributed by atoms with van der Waals surface area (Å²) >= 11 is 0. The van der Waals surface area contributed by atoms with Gasteiger partial charge in [-0.25, -0.2) is 4.98 Å². The lowest BCUT2D eigenvalue weighted by Crippen LogP contribution is -2.08. The van der Waals surface area contributed by atoms with E-state index in [4.69, 9.17) is 4.98 Å². The summed E-state index contributed by atoms with van der Waals surface area (Å²) in [6, 6.07) is 27.9. The fourth-order valence-corrected chi connectivity index (χ4v) is 7.86. The summed E-state index contributed by atoms with van der Waals surface area (Å²) in [7, 11) is 0. The fraction of sp³-hybridized carbons (Fsp3) is 0.0870. The maximum atomic E-state index is 14.3. The molecule has 0 spiro atoms. The number of fused-ring (bicyclic) bond motifs is 6. The van der Waals surface area contributed by atoms with E-state index < -0.39 is 52.5 Å². The lowest BCUT2D eigenvalue weighted by Gasteiger charge is -2.19. The Bertz CT molecular complexity index is 3170. The monoisotopic (exact) mass is 858 g/mol. The number of rotatable bonds is 4. The van der Waals surface area contributed by atoms with Crippen LogP contribution in [0.3, 0.4) is 0 Å². The third-order valence-electron chi connectivity index (χ3n) is 10.7. The Kier molecular flexibility index (Phi) is 8.99. The van der Waals surface area contributed by atoms with E-state index in [-0.39, 0.29) is 66.2 Å². The Morgan fingerprint density at radius 2 is 0.790 bits per heavy atom. The van der Waals surface area contributed by atoms with Crippen molar-refractivity contribution in [3.63, 3.8) is 0 Å². The van der Waals surface area contributed by atoms with Gasteiger partial charge in [0.15, 0.2) is 0 Å². The Balaban J connectivity index is 1.46. The zero-order valence-electron chi connectivity index (χ0n) is 31.0. The maximum Gasteiger partial charge on any atom is 0.416 e. The summed E-state index contributed by atoms with van der Waals surface area (Å²) in [5, 5.41) is 11.2. The molecular formula is C46H22F12N4. The number of alkyl halides is 12. The van der Waals surface area contributed by atoms with Crippen LogP contribution < -0.4 is 0 Å². The molecule has 4 nitrogen and oxygen atoms in total. The first-order chi connectivity index (χ1) is 29.2. The van der Waals surface area contributed by atoms with E-state index >= 15 is 0 Å². The molecule has 62 heavy (non-hydrogen) atoms. The summed E-state index contributed by atoms with van der Waals surface area (Å²) in [4.78, 5) is 4.79. The van der Waals surface area contributed by atoms with Gasteiger partial charge in [0.25, 0.3) is 0 Å². The van der Waals surface area contributed by atoms with Gasteiger partial charge in [-0.3, -0.25) is 0 Å². The predicted octanol–water partition coefficient (Wildman–Crippen LogP) is 14.6. The van der Waals surface area contributed by atoms with Crippen molar-refractivity contribution in [2.75, 3.05) is 0 Å². The third-order valence-corrected chi connectivity index (χ3v) is 10.7. The van der Waals surface area contributed by atoms with Crippen LogP contribution in [0.15, 0.2) is 133 Å². The van der Waals surface area contributed by atoms with Crippen molar-refractivity contribution in [2.24, 2.45) is 0 Å². The first-order valence-electron chi connectivity index (χ1n) is 18.3. The van der Waals surface area contributed by atoms with Crippen molar-refractivity contribution < 1.29 is 52.7 Å². The van der Waals surface area contributed by atoms with Crippen LogP contribution in [-0.2, 0) is 24.7 Å². The summed E-state index contributed by atoms with van der Waals surface area (Å²) < 4.78 is 173. The quantitative estimate of drug-likeness (QED) is 0.166. The summed E-state index contributed by atoms with van der Waals surface area (Å²) in [6.45, 7) is 0. The van der Waals surface area contributed by atoms with E-state index in [9.17, 15) is 57.9 Å². The molecular weight excluding hydrogens is 837 g/mol. The summed E-state index contributed by atoms with van der Waals surface area (Å²) in [6.07, 6.45) is -19.7. The van der Waals surface area contributed by atoms with Crippen LogP contribution in [0, 0.1) is 11.3 Å². The smallest absolute Gasteiger partial charge is 0.308 e. The summed E-state index contributed by atoms with van der Waals surface area (Å²) in [5.74, 6) is 0. The van der Waals surface area contributed by atoms with Gasteiger partial charge in [0.1, 0.15) is 6.07 Å². The second-order valence-electron chi connectivity index (χ2n) is 14.4. The number of aromatic nitrogens is 3. The van der Waals surface area contributed by atoms with E-state index in [1.54, 1.807) is 42.5 Å². The van der Waals surface area contributed by atoms with Gasteiger partial charge in [-0.1, -0.05) is 60.7 Å². The minimum Gasteiger partial charge on any atom is -0.308 e. The predicted molar refractivity (Wildman–Crippen MR) is 209 cm³/mol. The highest BCUT2D eigenvalue weighted by Crippen LogP contribution is 2.45. The average Bonchev–Trinajstić information content (AvgIpc) is 3.73. The molecule has 9 rings (SSSR count). The SMILES string of the molecule is N#Cc1cc(-n2c3cc(C(F)(F)F)ccc3c3ccc(C(F)(F)F)cc32)c(-c2cccc(-c3ccccc3)n2)cc1-n1c2cc(C(F)(F)F)ccc2c2ccc(C(F)(F)F)cc21. The fourth-order valence-electron chi connectivity index (χ4n) is 7.86. The number of benzene rings is 6. The number of nitriles is 1. The van der Waals surface area contributed by atoms with Gasteiger partial charge in [0.05, 0.1) is 72.6 Å². The molecule has 0 N–H and O–H groups in total. The average molecular weight is 859 g/mol. The van der Waals surface area contributed by atoms with E-state index in [2.05, 4.69) is 0 Å². The van der Waals surface area contributed by atoms with Gasteiger partial charge in [0.2, 0.25) is 0 Å². The number of nitrogens with zero attached hydrogens (tertiary/aromatic N) is 4. The van der Waals surface area contributed by atoms with Gasteiger partial charge < -0.3 is 9.13 Å². The molecule has 0 aliphatic carbocycles. The number of halogens is 12. The number of hydrogen-bond donors (Lipinski definition) is 0. The molecule has 0 amide bonds. The maximum absolute atomic E-state index is 14.3. The van der Waals surface area contributed by atoms with Crippen LogP contribution in [0.4, 0.5) is 52.7 Å². The van der Waals surface area contributed by atoms with Crippen LogP contribution in [0.2, 0.25) is 0 Å². The van der Waals surface area contributed by atoms with Crippen molar-refractivity contribution >= 4 is 43.6 Å². The van der Waals surface area contributed by atoms with E-state index in [0.29, 0.717) is 11.3 Å². The van der Waals surface area contributed by atoms with Crippen LogP contribution in [0.1, 0.15) is 27.8 Å². The highest BCUT2D eigenvalue weighted by atomic mass is 19.4. The van der Waals surface area contributed by atoms with Crippen molar-refractivity contribution in [3.8, 4) is 40.0 Å². The molecule has 0 atom stereocenters. The highest BCUT2D eigenvalue weighted by molar-refractivity contribution is 6.11. The van der Waals surface area contributed by atoms with Crippen LogP contribution >= 0.6 is 0 Å². The van der Waals surface area contributed by atoms with Crippen molar-refractivity contribution in [1.29, 1.82) is 5.26 Å². The molecule has 6 aromatic carbocycles. The lowest BCUT2D eigenvalue weighted by molar-refractivity contribution is -0.138. The highest BCUT2D eigenvalue weighted by Gasteiger charge is 2.36. The Morgan fingerprint density at radius 3 is 1.18 bits per heavy atom. The lowest BCUT2D eigenvalue weighted by atomic mass is 10.0. The molecule has 0 unspecified atom stereocenters. The first-order valence-corrected chi connectivity index (χ1v) is 18.3. The van der Waals surface area contributed by atoms with Crippen molar-refractivity contribution in [1.82, 2.24) is 14.1 Å². The number of pyridine rings is 1. The van der Waals surface area contributed by atoms with Gasteiger partial charge in [-0.15, -0.1) is 0 Å². The minimum atomic E-state index is -4.91. The zero-order valence-corrected chi connectivity index (χ0v) is 31.0. The Labute approximate surface area is 341 Å². The van der Waals surface area contributed by atoms with Crippen LogP contribution in [0.25, 0.3) is 77.5 Å². The molecule has 0 bridgehead atoms. The molecule has 0 saturated heterocycles. The van der Waals surface area contributed by atoms with Gasteiger partial charge >= 0.3 is 24.7 Å². The van der Waals surface area contributed by atoms with E-state index in [0.717, 1.165) is 88.0 Å². The topological polar surface area (TPSA) is 46.5 Å². The minimum absolute atomic E-state index is 0.0359. The first kappa shape index (κ1) is 40.1. The second kappa shape index (κ2) is 13.9. The van der Waals surface area contributed by atoms with Crippen molar-refractivity contribution in [3.05, 3.63) is 161 Å². The molecule has 3 heterocycles. The van der Waals surface area contributed by atoms with E-state index in [1.165, 1.54) is 12.1 Å². The Morgan fingerprint density at radius 1 is 0.403 bits per heavy atom. The standard InChI is InChI=1S/C46H22F12N4/c47-43(48,49)26-9-13-30-31-14-10-27(44(50,51)52)19-40(31)61(39(30)18-26)37-22-34(36-8-4-7-35(60-36)24-5-2-1-3-6-24)38(17-25(37)23-59)62-41-20-28(45(53,54)55)11-15-32(41)33-16-12-29(21-42(33)62)46(56,57)58/h1-22H. The molecule has 9 aromatic rings. The molecule has 0 fully saturated rings. The molecule has 0 saturated carbocycles. The molecule has 16 heteroatoms. The van der Waals surface area contributed by atoms with Crippen LogP contribution in [-0.4, -0.2) is 14.1 Å². The summed E-state index contributed by atoms with van der Waals surface area (Å²) in [5.41, 5.74) is -5.52. The van der Waals surface area contributed by atoms with Crippen LogP contribution in [0.5, 0.6) is 0 Å². The van der Waals surface area contributed by atoms with Gasteiger partial charge in [-0.05, 0) is 72.8 Å². The second-order valence-corrected chi connectivity index (χ2v) is 14.4. The molecule has 0 radical (unpaired) electrons. The van der Waals surface area contributed by atoms with Crippen molar-refractivity contribution in [2.45, 2.75) is 24.7 Å². The molecule has 0 aliphatic rings. The third kappa shape index (κ3) is 6.73. The van der Waals surface area contributed by atoms with Gasteiger partial charge in [0, 0.05) is 32.7 Å². The number of hydrogen-bond acceptors (Lipinski definition) is 2. The molecule has 310 valence electrons. The normalized spacial score (nSPS) is 12.8. The molecule has 0 aliphatic heterocycles. The Hall–Kier alpha value is -7.28. The zero-order chi connectivity index (χ0) is 44.1.